The largest absolute Gasteiger partial charge is 0.394 e. The van der Waals surface area contributed by atoms with E-state index in [1.807, 2.05) is 18.2 Å². The van der Waals surface area contributed by atoms with Crippen LogP contribution < -0.4 is 0 Å². The molecule has 6 heteroatoms. The van der Waals surface area contributed by atoms with Crippen LogP contribution in [0.2, 0.25) is 0 Å². The number of rotatable bonds is 4. The molecule has 0 radical (unpaired) electrons. The number of aliphatic hydroxyl groups excluding tert-OH is 1. The van der Waals surface area contributed by atoms with Crippen LogP contribution >= 0.6 is 0 Å². The maximum absolute atomic E-state index is 12.9. The molecule has 2 aliphatic rings. The van der Waals surface area contributed by atoms with Crippen molar-refractivity contribution in [3.05, 3.63) is 90.3 Å². The summed E-state index contributed by atoms with van der Waals surface area (Å²) in [5, 5.41) is 9.98. The number of carbonyl (C=O) groups is 2. The molecule has 0 saturated carbocycles. The lowest BCUT2D eigenvalue weighted by molar-refractivity contribution is -0.159. The van der Waals surface area contributed by atoms with Crippen LogP contribution in [0.4, 0.5) is 0 Å². The zero-order chi connectivity index (χ0) is 21.4. The van der Waals surface area contributed by atoms with Crippen molar-refractivity contribution in [3.63, 3.8) is 0 Å². The third-order valence-electron chi connectivity index (χ3n) is 6.37. The Balaban J connectivity index is 1.39. The molecule has 0 bridgehead atoms. The topological polar surface area (TPSA) is 73.7 Å². The van der Waals surface area contributed by atoms with Crippen LogP contribution in [0.3, 0.4) is 0 Å². The van der Waals surface area contributed by atoms with Gasteiger partial charge in [-0.05, 0) is 28.8 Å². The van der Waals surface area contributed by atoms with E-state index >= 15 is 0 Å². The van der Waals surface area contributed by atoms with E-state index in [0.29, 0.717) is 12.1 Å². The molecule has 0 spiro atoms. The Hall–Kier alpha value is -3.51. The van der Waals surface area contributed by atoms with E-state index in [4.69, 9.17) is 0 Å². The summed E-state index contributed by atoms with van der Waals surface area (Å²) in [6.07, 6.45) is 3.15. The summed E-state index contributed by atoms with van der Waals surface area (Å²) in [7, 11) is 0. The van der Waals surface area contributed by atoms with Crippen LogP contribution in [0.5, 0.6) is 0 Å². The minimum atomic E-state index is -0.252. The highest BCUT2D eigenvalue weighted by Gasteiger charge is 2.54. The minimum absolute atomic E-state index is 0.00758. The van der Waals surface area contributed by atoms with Gasteiger partial charge in [-0.25, -0.2) is 0 Å². The number of aliphatic hydroxyl groups is 1. The third kappa shape index (κ3) is 3.39. The number of benzene rings is 2. The Bertz CT molecular complexity index is 1090. The van der Waals surface area contributed by atoms with Crippen LogP contribution in [0, 0.1) is 0 Å². The van der Waals surface area contributed by atoms with Crippen molar-refractivity contribution < 1.29 is 14.7 Å². The van der Waals surface area contributed by atoms with Crippen molar-refractivity contribution in [2.45, 2.75) is 18.0 Å². The normalized spacial score (nSPS) is 22.6. The molecule has 156 valence electrons. The summed E-state index contributed by atoms with van der Waals surface area (Å²) in [6.45, 7) is 0.397. The van der Waals surface area contributed by atoms with Gasteiger partial charge in [-0.3, -0.25) is 14.6 Å². The summed E-state index contributed by atoms with van der Waals surface area (Å²) in [5.74, 6) is -0.289. The zero-order valence-electron chi connectivity index (χ0n) is 17.0. The molecular formula is C25H23N3O3. The van der Waals surface area contributed by atoms with Gasteiger partial charge in [0.2, 0.25) is 5.91 Å². The number of carbonyl (C=O) groups excluding carboxylic acids is 2. The van der Waals surface area contributed by atoms with Gasteiger partial charge >= 0.3 is 0 Å². The number of nitrogens with zero attached hydrogens (tertiary/aromatic N) is 3. The van der Waals surface area contributed by atoms with Gasteiger partial charge in [-0.2, -0.15) is 0 Å². The molecule has 3 aromatic rings. The van der Waals surface area contributed by atoms with Gasteiger partial charge in [-0.1, -0.05) is 54.6 Å². The molecule has 0 unspecified atom stereocenters. The molecule has 2 aromatic carbocycles. The number of hydrogen-bond donors (Lipinski definition) is 1. The number of pyridine rings is 1. The van der Waals surface area contributed by atoms with Crippen molar-refractivity contribution >= 4 is 11.8 Å². The standard InChI is InChI=1S/C25H23N3O3/c29-16-22-24(19-8-6-18(7-9-19)17-4-2-1-3-5-17)21-14-27(15-23(30)28(21)22)25(31)20-10-12-26-13-11-20/h1-13,21-22,24,29H,14-16H2/t21-,22+,24-/m0/s1. The quantitative estimate of drug-likeness (QED) is 0.714. The second-order valence-corrected chi connectivity index (χ2v) is 8.05. The predicted octanol–water partition coefficient (Wildman–Crippen LogP) is 2.56. The SMILES string of the molecule is O=C(c1ccncc1)N1CC(=O)N2[C@H](CO)[C@@H](c3ccc(-c4ccccc4)cc3)[C@@H]2C1. The summed E-state index contributed by atoms with van der Waals surface area (Å²) in [6, 6.07) is 21.4. The highest BCUT2D eigenvalue weighted by atomic mass is 16.3. The van der Waals surface area contributed by atoms with Gasteiger partial charge in [-0.15, -0.1) is 0 Å². The first-order valence-electron chi connectivity index (χ1n) is 10.4. The zero-order valence-corrected chi connectivity index (χ0v) is 17.0. The van der Waals surface area contributed by atoms with Crippen molar-refractivity contribution in [1.82, 2.24) is 14.8 Å². The number of fused-ring (bicyclic) bond motifs is 1. The number of hydrogen-bond acceptors (Lipinski definition) is 4. The minimum Gasteiger partial charge on any atom is -0.394 e. The van der Waals surface area contributed by atoms with Gasteiger partial charge in [0.25, 0.3) is 5.91 Å². The molecule has 2 amide bonds. The first-order valence-corrected chi connectivity index (χ1v) is 10.4. The molecule has 31 heavy (non-hydrogen) atoms. The average molecular weight is 413 g/mol. The fourth-order valence-corrected chi connectivity index (χ4v) is 4.86. The number of piperazine rings is 1. The molecule has 2 aliphatic heterocycles. The van der Waals surface area contributed by atoms with E-state index in [0.717, 1.165) is 16.7 Å². The van der Waals surface area contributed by atoms with Crippen molar-refractivity contribution in [2.24, 2.45) is 0 Å². The lowest BCUT2D eigenvalue weighted by Gasteiger charge is -2.58. The van der Waals surface area contributed by atoms with Gasteiger partial charge < -0.3 is 14.9 Å². The van der Waals surface area contributed by atoms with Crippen molar-refractivity contribution in [1.29, 1.82) is 0 Å². The van der Waals surface area contributed by atoms with Crippen LogP contribution in [-0.2, 0) is 4.79 Å². The Morgan fingerprint density at radius 3 is 2.32 bits per heavy atom. The van der Waals surface area contributed by atoms with E-state index in [1.165, 1.54) is 0 Å². The molecule has 2 fully saturated rings. The lowest BCUT2D eigenvalue weighted by atomic mass is 9.73. The third-order valence-corrected chi connectivity index (χ3v) is 6.37. The fourth-order valence-electron chi connectivity index (χ4n) is 4.86. The predicted molar refractivity (Wildman–Crippen MR) is 116 cm³/mol. The number of amides is 2. The van der Waals surface area contributed by atoms with E-state index in [1.54, 1.807) is 34.3 Å². The first-order chi connectivity index (χ1) is 15.2. The van der Waals surface area contributed by atoms with Crippen LogP contribution in [-0.4, -0.2) is 63.5 Å². The average Bonchev–Trinajstić information content (AvgIpc) is 2.81. The van der Waals surface area contributed by atoms with Crippen LogP contribution in [0.15, 0.2) is 79.1 Å². The van der Waals surface area contributed by atoms with E-state index < -0.39 is 0 Å². The summed E-state index contributed by atoms with van der Waals surface area (Å²) >= 11 is 0. The monoisotopic (exact) mass is 413 g/mol. The Morgan fingerprint density at radius 1 is 0.968 bits per heavy atom. The van der Waals surface area contributed by atoms with Gasteiger partial charge in [0, 0.05) is 30.4 Å². The highest BCUT2D eigenvalue weighted by molar-refractivity contribution is 5.97. The Kier molecular flexibility index (Phi) is 5.00. The first kappa shape index (κ1) is 19.5. The van der Waals surface area contributed by atoms with E-state index in [-0.39, 0.29) is 43.0 Å². The fraction of sp³-hybridized carbons (Fsp3) is 0.240. The highest BCUT2D eigenvalue weighted by Crippen LogP contribution is 2.43. The molecule has 1 N–H and O–H groups in total. The molecule has 3 atom stereocenters. The van der Waals surface area contributed by atoms with E-state index in [9.17, 15) is 14.7 Å². The van der Waals surface area contributed by atoms with Crippen molar-refractivity contribution in [3.8, 4) is 11.1 Å². The molecule has 5 rings (SSSR count). The van der Waals surface area contributed by atoms with Crippen LogP contribution in [0.1, 0.15) is 21.8 Å². The van der Waals surface area contributed by atoms with Gasteiger partial charge in [0.05, 0.1) is 18.7 Å². The molecule has 2 saturated heterocycles. The maximum atomic E-state index is 12.9. The number of aromatic nitrogens is 1. The molecule has 3 heterocycles. The second kappa shape index (κ2) is 7.96. The molecule has 1 aromatic heterocycles. The van der Waals surface area contributed by atoms with E-state index in [2.05, 4.69) is 41.4 Å². The summed E-state index contributed by atoms with van der Waals surface area (Å²) < 4.78 is 0. The van der Waals surface area contributed by atoms with Crippen LogP contribution in [0.25, 0.3) is 11.1 Å². The van der Waals surface area contributed by atoms with Gasteiger partial charge in [0.1, 0.15) is 6.54 Å². The van der Waals surface area contributed by atoms with Crippen molar-refractivity contribution in [2.75, 3.05) is 19.7 Å². The second-order valence-electron chi connectivity index (χ2n) is 8.05. The molecule has 6 nitrogen and oxygen atoms in total. The van der Waals surface area contributed by atoms with Gasteiger partial charge in [0.15, 0.2) is 0 Å². The Labute approximate surface area is 180 Å². The molecule has 0 aliphatic carbocycles. The summed E-state index contributed by atoms with van der Waals surface area (Å²) in [4.78, 5) is 33.0. The smallest absolute Gasteiger partial charge is 0.254 e. The molecular weight excluding hydrogens is 390 g/mol. The summed E-state index contributed by atoms with van der Waals surface area (Å²) in [5.41, 5.74) is 3.87. The maximum Gasteiger partial charge on any atom is 0.254 e. The lowest BCUT2D eigenvalue weighted by Crippen LogP contribution is -2.73. The Morgan fingerprint density at radius 2 is 1.65 bits per heavy atom.